The average molecular weight is 360 g/mol. The molecule has 1 unspecified atom stereocenters. The highest BCUT2D eigenvalue weighted by Gasteiger charge is 2.32. The molecule has 2 fully saturated rings. The van der Waals surface area contributed by atoms with Crippen molar-refractivity contribution in [1.29, 1.82) is 0 Å². The highest BCUT2D eigenvalue weighted by molar-refractivity contribution is 5.97. The molecular formula is C20H28N2O4. The lowest BCUT2D eigenvalue weighted by Crippen LogP contribution is -2.52. The molecule has 0 radical (unpaired) electrons. The maximum Gasteiger partial charge on any atom is 0.257 e. The zero-order valence-electron chi connectivity index (χ0n) is 15.9. The van der Waals surface area contributed by atoms with Gasteiger partial charge in [-0.15, -0.1) is 0 Å². The summed E-state index contributed by atoms with van der Waals surface area (Å²) in [5.74, 6) is 0.966. The molecule has 1 aromatic carbocycles. The van der Waals surface area contributed by atoms with Gasteiger partial charge in [-0.2, -0.15) is 0 Å². The van der Waals surface area contributed by atoms with Crippen molar-refractivity contribution in [2.75, 3.05) is 39.9 Å². The molecular weight excluding hydrogens is 332 g/mol. The number of nitrogens with zero attached hydrogens (tertiary/aromatic N) is 2. The van der Waals surface area contributed by atoms with Crippen molar-refractivity contribution in [2.24, 2.45) is 0 Å². The lowest BCUT2D eigenvalue weighted by atomic mass is 9.99. The van der Waals surface area contributed by atoms with E-state index in [1.807, 2.05) is 23.1 Å². The fourth-order valence-corrected chi connectivity index (χ4v) is 3.53. The van der Waals surface area contributed by atoms with E-state index in [1.54, 1.807) is 12.0 Å². The van der Waals surface area contributed by atoms with E-state index in [0.29, 0.717) is 50.0 Å². The number of benzene rings is 1. The predicted molar refractivity (Wildman–Crippen MR) is 98.5 cm³/mol. The summed E-state index contributed by atoms with van der Waals surface area (Å²) >= 11 is 0. The van der Waals surface area contributed by atoms with Crippen molar-refractivity contribution in [1.82, 2.24) is 9.80 Å². The lowest BCUT2D eigenvalue weighted by molar-refractivity contribution is -0.142. The summed E-state index contributed by atoms with van der Waals surface area (Å²) in [6, 6.07) is 5.79. The van der Waals surface area contributed by atoms with Gasteiger partial charge < -0.3 is 19.3 Å². The number of piperazine rings is 1. The number of ether oxygens (including phenoxy) is 2. The minimum Gasteiger partial charge on any atom is -0.496 e. The van der Waals surface area contributed by atoms with E-state index in [2.05, 4.69) is 13.8 Å². The number of hydrogen-bond acceptors (Lipinski definition) is 4. The maximum atomic E-state index is 13.0. The second kappa shape index (κ2) is 8.08. The van der Waals surface area contributed by atoms with Gasteiger partial charge in [-0.1, -0.05) is 19.9 Å². The van der Waals surface area contributed by atoms with Crippen LogP contribution < -0.4 is 4.74 Å². The second-order valence-corrected chi connectivity index (χ2v) is 7.23. The molecule has 0 aromatic heterocycles. The van der Waals surface area contributed by atoms with Gasteiger partial charge in [0.25, 0.3) is 11.8 Å². The summed E-state index contributed by atoms with van der Waals surface area (Å²) in [4.78, 5) is 29.1. The maximum absolute atomic E-state index is 13.0. The molecule has 6 nitrogen and oxygen atoms in total. The van der Waals surface area contributed by atoms with Crippen LogP contribution in [0.25, 0.3) is 0 Å². The fourth-order valence-electron chi connectivity index (χ4n) is 3.53. The minimum absolute atomic E-state index is 0.0337. The third-order valence-electron chi connectivity index (χ3n) is 5.20. The van der Waals surface area contributed by atoms with Gasteiger partial charge in [0.05, 0.1) is 12.7 Å². The molecule has 1 aromatic rings. The van der Waals surface area contributed by atoms with E-state index < -0.39 is 0 Å². The van der Waals surface area contributed by atoms with Gasteiger partial charge in [-0.3, -0.25) is 9.59 Å². The Morgan fingerprint density at radius 3 is 2.42 bits per heavy atom. The molecule has 3 rings (SSSR count). The molecule has 2 aliphatic rings. The van der Waals surface area contributed by atoms with Crippen molar-refractivity contribution in [3.8, 4) is 5.75 Å². The standard InChI is InChI=1S/C20H28N2O4/c1-14(2)15-6-7-17(25-3)16(13-15)19(23)21-8-10-22(11-9-21)20(24)18-5-4-12-26-18/h6-7,13-14,18H,4-5,8-12H2,1-3H3. The molecule has 0 bridgehead atoms. The van der Waals surface area contributed by atoms with Gasteiger partial charge in [-0.05, 0) is 36.5 Å². The average Bonchev–Trinajstić information content (AvgIpc) is 3.21. The van der Waals surface area contributed by atoms with Crippen LogP contribution in [0.2, 0.25) is 0 Å². The molecule has 0 aliphatic carbocycles. The van der Waals surface area contributed by atoms with Gasteiger partial charge in [0.15, 0.2) is 0 Å². The number of amides is 2. The SMILES string of the molecule is COc1ccc(C(C)C)cc1C(=O)N1CCN(C(=O)C2CCCO2)CC1. The Hall–Kier alpha value is -2.08. The first-order chi connectivity index (χ1) is 12.5. The molecule has 0 spiro atoms. The molecule has 2 heterocycles. The van der Waals surface area contributed by atoms with Gasteiger partial charge in [-0.25, -0.2) is 0 Å². The second-order valence-electron chi connectivity index (χ2n) is 7.23. The van der Waals surface area contributed by atoms with E-state index in [9.17, 15) is 9.59 Å². The van der Waals surface area contributed by atoms with Gasteiger partial charge in [0.2, 0.25) is 0 Å². The van der Waals surface area contributed by atoms with Crippen LogP contribution in [0.15, 0.2) is 18.2 Å². The highest BCUT2D eigenvalue weighted by atomic mass is 16.5. The Bertz CT molecular complexity index is 660. The Morgan fingerprint density at radius 1 is 1.15 bits per heavy atom. The Morgan fingerprint density at radius 2 is 1.85 bits per heavy atom. The molecule has 2 amide bonds. The molecule has 1 atom stereocenters. The first-order valence-electron chi connectivity index (χ1n) is 9.39. The van der Waals surface area contributed by atoms with E-state index in [-0.39, 0.29) is 17.9 Å². The van der Waals surface area contributed by atoms with Gasteiger partial charge in [0, 0.05) is 32.8 Å². The van der Waals surface area contributed by atoms with Crippen LogP contribution in [0.5, 0.6) is 5.75 Å². The van der Waals surface area contributed by atoms with Gasteiger partial charge >= 0.3 is 0 Å². The summed E-state index contributed by atoms with van der Waals surface area (Å²) < 4.78 is 10.9. The van der Waals surface area contributed by atoms with Crippen LogP contribution >= 0.6 is 0 Å². The van der Waals surface area contributed by atoms with Crippen LogP contribution in [0.1, 0.15) is 48.5 Å². The molecule has 2 saturated heterocycles. The number of methoxy groups -OCH3 is 1. The fraction of sp³-hybridized carbons (Fsp3) is 0.600. The summed E-state index contributed by atoms with van der Waals surface area (Å²) in [6.07, 6.45) is 1.46. The van der Waals surface area contributed by atoms with E-state index in [0.717, 1.165) is 18.4 Å². The van der Waals surface area contributed by atoms with Crippen LogP contribution in [-0.2, 0) is 9.53 Å². The molecule has 142 valence electrons. The zero-order valence-corrected chi connectivity index (χ0v) is 15.9. The van der Waals surface area contributed by atoms with E-state index in [1.165, 1.54) is 0 Å². The molecule has 0 N–H and O–H groups in total. The van der Waals surface area contributed by atoms with Crippen molar-refractivity contribution >= 4 is 11.8 Å². The Balaban J connectivity index is 1.66. The summed E-state index contributed by atoms with van der Waals surface area (Å²) in [5, 5.41) is 0. The first-order valence-corrected chi connectivity index (χ1v) is 9.39. The first kappa shape index (κ1) is 18.7. The number of carbonyl (C=O) groups excluding carboxylic acids is 2. The monoisotopic (exact) mass is 360 g/mol. The molecule has 6 heteroatoms. The van der Waals surface area contributed by atoms with Crippen molar-refractivity contribution < 1.29 is 19.1 Å². The highest BCUT2D eigenvalue weighted by Crippen LogP contribution is 2.26. The smallest absolute Gasteiger partial charge is 0.257 e. The third-order valence-corrected chi connectivity index (χ3v) is 5.20. The number of rotatable bonds is 4. The third kappa shape index (κ3) is 3.85. The van der Waals surface area contributed by atoms with Gasteiger partial charge in [0.1, 0.15) is 11.9 Å². The summed E-state index contributed by atoms with van der Waals surface area (Å²) in [7, 11) is 1.58. The molecule has 26 heavy (non-hydrogen) atoms. The topological polar surface area (TPSA) is 59.1 Å². The quantitative estimate of drug-likeness (QED) is 0.827. The predicted octanol–water partition coefficient (Wildman–Crippen LogP) is 2.28. The van der Waals surface area contributed by atoms with Crippen LogP contribution in [-0.4, -0.2) is 67.6 Å². The largest absolute Gasteiger partial charge is 0.496 e. The van der Waals surface area contributed by atoms with Crippen LogP contribution in [0.3, 0.4) is 0 Å². The van der Waals surface area contributed by atoms with Crippen molar-refractivity contribution in [2.45, 2.75) is 38.7 Å². The zero-order chi connectivity index (χ0) is 18.7. The summed E-state index contributed by atoms with van der Waals surface area (Å²) in [5.41, 5.74) is 1.71. The molecule has 0 saturated carbocycles. The minimum atomic E-state index is -0.292. The number of hydrogen-bond donors (Lipinski definition) is 0. The van der Waals surface area contributed by atoms with E-state index >= 15 is 0 Å². The van der Waals surface area contributed by atoms with Crippen LogP contribution in [0.4, 0.5) is 0 Å². The normalized spacial score (nSPS) is 20.5. The Kier molecular flexibility index (Phi) is 5.81. The Labute approximate surface area is 155 Å². The summed E-state index contributed by atoms with van der Waals surface area (Å²) in [6.45, 7) is 7.05. The number of carbonyl (C=O) groups is 2. The lowest BCUT2D eigenvalue weighted by Gasteiger charge is -2.36. The van der Waals surface area contributed by atoms with Crippen molar-refractivity contribution in [3.63, 3.8) is 0 Å². The molecule has 2 aliphatic heterocycles. The van der Waals surface area contributed by atoms with Crippen molar-refractivity contribution in [3.05, 3.63) is 29.3 Å². The van der Waals surface area contributed by atoms with E-state index in [4.69, 9.17) is 9.47 Å². The van der Waals surface area contributed by atoms with Crippen LogP contribution in [0, 0.1) is 0 Å².